The fraction of sp³-hybridized carbons (Fsp3) is 0.423. The standard InChI is InChI=1S/C26H31N5O3/c27-15-16-5-4-6-17(13-16)18-9-10-21-20(14-18)25(33)31-12-11-22(23(31)24(32)29-21)30-26(34)28-19-7-2-1-3-8-19/h4-6,9-10,13-14,19,22-23H,1-3,7-8,11-12,15,27H2,(H,29,32)(H2,28,30,34)/t22-,23-/m0/s1. The number of anilines is 1. The van der Waals surface area contributed by atoms with Gasteiger partial charge in [-0.15, -0.1) is 0 Å². The third-order valence-electron chi connectivity index (χ3n) is 7.19. The number of carbonyl (C=O) groups is 3. The van der Waals surface area contributed by atoms with E-state index in [1.54, 1.807) is 11.0 Å². The average Bonchev–Trinajstić information content (AvgIpc) is 3.23. The number of nitrogens with zero attached hydrogens (tertiary/aromatic N) is 1. The third-order valence-corrected chi connectivity index (χ3v) is 7.19. The number of nitrogens with two attached hydrogens (primary N) is 1. The molecule has 0 aromatic heterocycles. The number of nitrogens with one attached hydrogen (secondary N) is 3. The zero-order chi connectivity index (χ0) is 23.7. The van der Waals surface area contributed by atoms with Crippen LogP contribution in [-0.2, 0) is 11.3 Å². The fourth-order valence-corrected chi connectivity index (χ4v) is 5.39. The van der Waals surface area contributed by atoms with Crippen molar-refractivity contribution in [1.29, 1.82) is 0 Å². The minimum Gasteiger partial charge on any atom is -0.335 e. The highest BCUT2D eigenvalue weighted by Crippen LogP contribution is 2.32. The zero-order valence-electron chi connectivity index (χ0n) is 19.2. The molecule has 2 atom stereocenters. The van der Waals surface area contributed by atoms with Gasteiger partial charge in [0.05, 0.1) is 17.3 Å². The van der Waals surface area contributed by atoms with Crippen LogP contribution in [0.5, 0.6) is 0 Å². The van der Waals surface area contributed by atoms with E-state index in [1.807, 2.05) is 36.4 Å². The van der Waals surface area contributed by atoms with E-state index in [1.165, 1.54) is 6.42 Å². The van der Waals surface area contributed by atoms with E-state index in [4.69, 9.17) is 5.73 Å². The molecule has 5 rings (SSSR count). The van der Waals surface area contributed by atoms with Crippen molar-refractivity contribution in [3.05, 3.63) is 53.6 Å². The van der Waals surface area contributed by atoms with Crippen LogP contribution in [0, 0.1) is 0 Å². The normalized spacial score (nSPS) is 22.4. The van der Waals surface area contributed by atoms with Crippen LogP contribution in [-0.4, -0.2) is 47.4 Å². The topological polar surface area (TPSA) is 117 Å². The molecule has 5 N–H and O–H groups in total. The van der Waals surface area contributed by atoms with Crippen molar-refractivity contribution in [3.8, 4) is 11.1 Å². The van der Waals surface area contributed by atoms with Crippen LogP contribution in [0.2, 0.25) is 0 Å². The molecule has 2 heterocycles. The number of urea groups is 1. The molecule has 2 aromatic carbocycles. The van der Waals surface area contributed by atoms with Gasteiger partial charge in [-0.05, 0) is 54.2 Å². The predicted octanol–water partition coefficient (Wildman–Crippen LogP) is 2.98. The van der Waals surface area contributed by atoms with Crippen LogP contribution >= 0.6 is 0 Å². The molecule has 1 saturated carbocycles. The number of fused-ring (bicyclic) bond motifs is 2. The van der Waals surface area contributed by atoms with E-state index < -0.39 is 12.1 Å². The van der Waals surface area contributed by atoms with E-state index in [0.717, 1.165) is 42.4 Å². The first-order chi connectivity index (χ1) is 16.5. The van der Waals surface area contributed by atoms with Gasteiger partial charge >= 0.3 is 6.03 Å². The third kappa shape index (κ3) is 4.37. The summed E-state index contributed by atoms with van der Waals surface area (Å²) in [6.45, 7) is 0.851. The van der Waals surface area contributed by atoms with Crippen LogP contribution in [0.1, 0.15) is 54.4 Å². The number of amides is 4. The minimum absolute atomic E-state index is 0.177. The van der Waals surface area contributed by atoms with Crippen LogP contribution in [0.15, 0.2) is 42.5 Å². The summed E-state index contributed by atoms with van der Waals surface area (Å²) in [4.78, 5) is 40.8. The van der Waals surface area contributed by atoms with Gasteiger partial charge < -0.3 is 26.6 Å². The first-order valence-corrected chi connectivity index (χ1v) is 12.2. The van der Waals surface area contributed by atoms with E-state index in [-0.39, 0.29) is 23.9 Å². The first-order valence-electron chi connectivity index (χ1n) is 12.2. The zero-order valence-corrected chi connectivity index (χ0v) is 19.2. The van der Waals surface area contributed by atoms with Crippen molar-refractivity contribution in [2.45, 2.75) is 63.2 Å². The maximum atomic E-state index is 13.5. The van der Waals surface area contributed by atoms with E-state index >= 15 is 0 Å². The van der Waals surface area contributed by atoms with Gasteiger partial charge in [0.2, 0.25) is 5.91 Å². The quantitative estimate of drug-likeness (QED) is 0.560. The summed E-state index contributed by atoms with van der Waals surface area (Å²) in [5, 5.41) is 8.92. The predicted molar refractivity (Wildman–Crippen MR) is 130 cm³/mol. The van der Waals surface area contributed by atoms with Crippen LogP contribution in [0.4, 0.5) is 10.5 Å². The lowest BCUT2D eigenvalue weighted by molar-refractivity contribution is -0.120. The fourth-order valence-electron chi connectivity index (χ4n) is 5.39. The van der Waals surface area contributed by atoms with Crippen LogP contribution in [0.3, 0.4) is 0 Å². The molecule has 8 nitrogen and oxygen atoms in total. The number of hydrogen-bond donors (Lipinski definition) is 4. The Bertz CT molecular complexity index is 1110. The molecule has 2 aromatic rings. The maximum absolute atomic E-state index is 13.5. The Hall–Kier alpha value is -3.39. The minimum atomic E-state index is -0.735. The number of rotatable bonds is 4. The summed E-state index contributed by atoms with van der Waals surface area (Å²) in [6, 6.07) is 12.1. The molecule has 34 heavy (non-hydrogen) atoms. The lowest BCUT2D eigenvalue weighted by Gasteiger charge is -2.27. The first kappa shape index (κ1) is 22.4. The van der Waals surface area contributed by atoms with Gasteiger partial charge in [-0.25, -0.2) is 4.79 Å². The van der Waals surface area contributed by atoms with Gasteiger partial charge in [0, 0.05) is 19.1 Å². The summed E-state index contributed by atoms with van der Waals surface area (Å²) in [5.74, 6) is -0.474. The van der Waals surface area contributed by atoms with E-state index in [2.05, 4.69) is 16.0 Å². The van der Waals surface area contributed by atoms with Gasteiger partial charge in [0.15, 0.2) is 0 Å². The highest BCUT2D eigenvalue weighted by molar-refractivity contribution is 6.11. The monoisotopic (exact) mass is 461 g/mol. The van der Waals surface area contributed by atoms with Gasteiger partial charge in [-0.1, -0.05) is 43.5 Å². The second-order valence-electron chi connectivity index (χ2n) is 9.45. The smallest absolute Gasteiger partial charge is 0.315 e. The Morgan fingerprint density at radius 3 is 2.59 bits per heavy atom. The second-order valence-corrected chi connectivity index (χ2v) is 9.45. The number of benzene rings is 2. The summed E-state index contributed by atoms with van der Waals surface area (Å²) in [5.41, 5.74) is 9.59. The van der Waals surface area contributed by atoms with Gasteiger partial charge in [0.1, 0.15) is 6.04 Å². The van der Waals surface area contributed by atoms with Gasteiger partial charge in [-0.3, -0.25) is 9.59 Å². The molecule has 1 aliphatic carbocycles. The Morgan fingerprint density at radius 2 is 1.79 bits per heavy atom. The van der Waals surface area contributed by atoms with Crippen LogP contribution < -0.4 is 21.7 Å². The molecule has 0 unspecified atom stereocenters. The molecule has 2 aliphatic heterocycles. The summed E-state index contributed by atoms with van der Waals surface area (Å²) >= 11 is 0. The highest BCUT2D eigenvalue weighted by Gasteiger charge is 2.45. The molecular weight excluding hydrogens is 430 g/mol. The maximum Gasteiger partial charge on any atom is 0.315 e. The Morgan fingerprint density at radius 1 is 1.00 bits per heavy atom. The molecule has 178 valence electrons. The van der Waals surface area contributed by atoms with E-state index in [9.17, 15) is 14.4 Å². The molecule has 3 aliphatic rings. The molecule has 8 heteroatoms. The summed E-state index contributed by atoms with van der Waals surface area (Å²) in [7, 11) is 0. The second kappa shape index (κ2) is 9.46. The van der Waals surface area contributed by atoms with Crippen molar-refractivity contribution in [1.82, 2.24) is 15.5 Å². The average molecular weight is 462 g/mol. The van der Waals surface area contributed by atoms with Crippen molar-refractivity contribution in [2.75, 3.05) is 11.9 Å². The molecule has 4 amide bonds. The summed E-state index contributed by atoms with van der Waals surface area (Å²) < 4.78 is 0. The lowest BCUT2D eigenvalue weighted by atomic mass is 9.96. The molecule has 2 fully saturated rings. The van der Waals surface area contributed by atoms with Crippen LogP contribution in [0.25, 0.3) is 11.1 Å². The Balaban J connectivity index is 1.35. The molecule has 0 radical (unpaired) electrons. The molecule has 0 bridgehead atoms. The lowest BCUT2D eigenvalue weighted by Crippen LogP contribution is -2.54. The Kier molecular flexibility index (Phi) is 6.24. The van der Waals surface area contributed by atoms with Gasteiger partial charge in [0.25, 0.3) is 5.91 Å². The van der Waals surface area contributed by atoms with Crippen molar-refractivity contribution < 1.29 is 14.4 Å². The highest BCUT2D eigenvalue weighted by atomic mass is 16.2. The largest absolute Gasteiger partial charge is 0.335 e. The van der Waals surface area contributed by atoms with Crippen molar-refractivity contribution in [2.24, 2.45) is 5.73 Å². The van der Waals surface area contributed by atoms with E-state index in [0.29, 0.717) is 30.8 Å². The number of carbonyl (C=O) groups excluding carboxylic acids is 3. The molecular formula is C26H31N5O3. The molecule has 0 spiro atoms. The van der Waals surface area contributed by atoms with Crippen molar-refractivity contribution in [3.63, 3.8) is 0 Å². The van der Waals surface area contributed by atoms with Gasteiger partial charge in [-0.2, -0.15) is 0 Å². The summed E-state index contributed by atoms with van der Waals surface area (Å²) in [6.07, 6.45) is 5.96. The van der Waals surface area contributed by atoms with Crippen molar-refractivity contribution >= 4 is 23.5 Å². The SMILES string of the molecule is NCc1cccc(-c2ccc3c(c2)C(=O)N2CC[C@H](NC(=O)NC4CCCCC4)[C@H]2C(=O)N3)c1. The molecule has 1 saturated heterocycles. The number of hydrogen-bond acceptors (Lipinski definition) is 4. The Labute approximate surface area is 199 Å².